The molecule has 0 saturated heterocycles. The maximum absolute atomic E-state index is 11.8. The summed E-state index contributed by atoms with van der Waals surface area (Å²) in [6.45, 7) is 6.25. The number of ether oxygens (including phenoxy) is 2. The minimum absolute atomic E-state index is 0.0325. The van der Waals surface area contributed by atoms with Crippen molar-refractivity contribution >= 4 is 6.03 Å². The highest BCUT2D eigenvalue weighted by molar-refractivity contribution is 5.73. The quantitative estimate of drug-likeness (QED) is 0.132. The zero-order valence-electron chi connectivity index (χ0n) is 22.3. The monoisotopic (exact) mass is 492 g/mol. The average Bonchev–Trinajstić information content (AvgIpc) is 2.86. The lowest BCUT2D eigenvalue weighted by molar-refractivity contribution is 0.126. The molecule has 202 valence electrons. The summed E-state index contributed by atoms with van der Waals surface area (Å²) in [6, 6.07) is 6.85. The maximum atomic E-state index is 11.8. The normalized spacial score (nSPS) is 10.9. The Labute approximate surface area is 214 Å². The third-order valence-corrected chi connectivity index (χ3v) is 6.11. The van der Waals surface area contributed by atoms with Crippen molar-refractivity contribution in [3.8, 4) is 11.5 Å². The highest BCUT2D eigenvalue weighted by Crippen LogP contribution is 2.16. The van der Waals surface area contributed by atoms with Gasteiger partial charge in [0, 0.05) is 26.3 Å². The van der Waals surface area contributed by atoms with E-state index < -0.39 is 0 Å². The van der Waals surface area contributed by atoms with Gasteiger partial charge >= 0.3 is 6.03 Å². The van der Waals surface area contributed by atoms with E-state index in [0.717, 1.165) is 70.8 Å². The second-order valence-electron chi connectivity index (χ2n) is 9.44. The third-order valence-electron chi connectivity index (χ3n) is 6.11. The van der Waals surface area contributed by atoms with Crippen molar-refractivity contribution in [3.05, 3.63) is 24.3 Å². The Morgan fingerprint density at radius 2 is 1.11 bits per heavy atom. The molecule has 35 heavy (non-hydrogen) atoms. The molecule has 6 nitrogen and oxygen atoms in total. The minimum Gasteiger partial charge on any atom is -0.508 e. The molecule has 0 aliphatic heterocycles. The molecule has 0 aliphatic carbocycles. The number of carbonyl (C=O) groups excluding carboxylic acids is 1. The number of nitrogens with one attached hydrogen (secondary N) is 2. The van der Waals surface area contributed by atoms with Crippen LogP contribution < -0.4 is 15.4 Å². The summed E-state index contributed by atoms with van der Waals surface area (Å²) < 4.78 is 11.3. The second-order valence-corrected chi connectivity index (χ2v) is 9.44. The molecule has 1 aromatic carbocycles. The maximum Gasteiger partial charge on any atom is 0.314 e. The second kappa shape index (κ2) is 23.8. The van der Waals surface area contributed by atoms with Crippen LogP contribution in [0.5, 0.6) is 11.5 Å². The third kappa shape index (κ3) is 21.1. The topological polar surface area (TPSA) is 79.8 Å². The molecular weight excluding hydrogens is 440 g/mol. The van der Waals surface area contributed by atoms with Crippen LogP contribution in [-0.4, -0.2) is 44.0 Å². The lowest BCUT2D eigenvalue weighted by atomic mass is 10.1. The molecule has 0 spiro atoms. The summed E-state index contributed by atoms with van der Waals surface area (Å²) in [7, 11) is 0. The molecule has 0 radical (unpaired) electrons. The van der Waals surface area contributed by atoms with E-state index in [4.69, 9.17) is 9.47 Å². The van der Waals surface area contributed by atoms with Gasteiger partial charge < -0.3 is 25.2 Å². The number of rotatable bonds is 24. The minimum atomic E-state index is -0.0325. The van der Waals surface area contributed by atoms with Crippen LogP contribution in [0.25, 0.3) is 0 Å². The number of aromatic hydroxyl groups is 1. The molecule has 1 aromatic rings. The van der Waals surface area contributed by atoms with Gasteiger partial charge in [-0.3, -0.25) is 0 Å². The highest BCUT2D eigenvalue weighted by atomic mass is 16.5. The van der Waals surface area contributed by atoms with Crippen LogP contribution >= 0.6 is 0 Å². The molecule has 0 bridgehead atoms. The smallest absolute Gasteiger partial charge is 0.314 e. The fourth-order valence-electron chi connectivity index (χ4n) is 3.90. The van der Waals surface area contributed by atoms with Crippen LogP contribution in [0.2, 0.25) is 0 Å². The van der Waals surface area contributed by atoms with Crippen molar-refractivity contribution in [2.75, 3.05) is 32.9 Å². The summed E-state index contributed by atoms with van der Waals surface area (Å²) >= 11 is 0. The number of unbranched alkanes of at least 4 members (excludes halogenated alkanes) is 13. The Bertz CT molecular complexity index is 595. The van der Waals surface area contributed by atoms with Gasteiger partial charge in [0.15, 0.2) is 0 Å². The van der Waals surface area contributed by atoms with E-state index >= 15 is 0 Å². The Morgan fingerprint density at radius 3 is 1.66 bits per heavy atom. The van der Waals surface area contributed by atoms with Crippen molar-refractivity contribution in [1.29, 1.82) is 0 Å². The SMILES string of the molecule is CCCCCCOCCCCCCNC(=O)NCCCCCCCCCCOc1ccc(O)cc1. The van der Waals surface area contributed by atoms with Gasteiger partial charge in [-0.15, -0.1) is 0 Å². The number of hydrogen-bond acceptors (Lipinski definition) is 4. The van der Waals surface area contributed by atoms with E-state index in [0.29, 0.717) is 0 Å². The van der Waals surface area contributed by atoms with Gasteiger partial charge in [-0.25, -0.2) is 4.79 Å². The molecule has 0 atom stereocenters. The first-order valence-electron chi connectivity index (χ1n) is 14.2. The first kappa shape index (κ1) is 31.1. The fraction of sp³-hybridized carbons (Fsp3) is 0.759. The number of urea groups is 1. The molecule has 0 aliphatic rings. The molecule has 0 heterocycles. The highest BCUT2D eigenvalue weighted by Gasteiger charge is 2.00. The molecule has 0 fully saturated rings. The first-order valence-corrected chi connectivity index (χ1v) is 14.2. The Kier molecular flexibility index (Phi) is 21.1. The Hall–Kier alpha value is -1.95. The van der Waals surface area contributed by atoms with E-state index in [2.05, 4.69) is 17.6 Å². The zero-order chi connectivity index (χ0) is 25.2. The first-order chi connectivity index (χ1) is 17.2. The standard InChI is InChI=1S/C29H52N2O4/c1-2-3-4-15-24-34-25-16-12-10-14-23-31-29(33)30-22-13-9-7-5-6-8-11-17-26-35-28-20-18-27(32)19-21-28/h18-21,32H,2-17,22-26H2,1H3,(H2,30,31,33). The van der Waals surface area contributed by atoms with Gasteiger partial charge in [-0.1, -0.05) is 77.6 Å². The van der Waals surface area contributed by atoms with Crippen molar-refractivity contribution < 1.29 is 19.4 Å². The van der Waals surface area contributed by atoms with Gasteiger partial charge in [-0.2, -0.15) is 0 Å². The van der Waals surface area contributed by atoms with Crippen molar-refractivity contribution in [3.63, 3.8) is 0 Å². The van der Waals surface area contributed by atoms with Gasteiger partial charge in [-0.05, 0) is 56.4 Å². The van der Waals surface area contributed by atoms with Crippen LogP contribution in [0.15, 0.2) is 24.3 Å². The van der Waals surface area contributed by atoms with Gasteiger partial charge in [0.2, 0.25) is 0 Å². The lowest BCUT2D eigenvalue weighted by Gasteiger charge is -2.08. The molecule has 0 aromatic heterocycles. The van der Waals surface area contributed by atoms with Crippen molar-refractivity contribution in [1.82, 2.24) is 10.6 Å². The van der Waals surface area contributed by atoms with Crippen LogP contribution in [0.1, 0.15) is 110 Å². The van der Waals surface area contributed by atoms with Crippen molar-refractivity contribution in [2.24, 2.45) is 0 Å². The summed E-state index contributed by atoms with van der Waals surface area (Å²) in [4.78, 5) is 11.8. The van der Waals surface area contributed by atoms with Gasteiger partial charge in [0.1, 0.15) is 11.5 Å². The molecule has 0 saturated carbocycles. The fourth-order valence-corrected chi connectivity index (χ4v) is 3.90. The molecule has 0 unspecified atom stereocenters. The summed E-state index contributed by atoms with van der Waals surface area (Å²) in [5.41, 5.74) is 0. The zero-order valence-corrected chi connectivity index (χ0v) is 22.3. The van der Waals surface area contributed by atoms with E-state index in [9.17, 15) is 9.90 Å². The summed E-state index contributed by atoms with van der Waals surface area (Å²) in [5.74, 6) is 1.08. The number of amides is 2. The van der Waals surface area contributed by atoms with Gasteiger partial charge in [0.05, 0.1) is 6.61 Å². The Balaban J connectivity index is 1.73. The largest absolute Gasteiger partial charge is 0.508 e. The predicted molar refractivity (Wildman–Crippen MR) is 145 cm³/mol. The van der Waals surface area contributed by atoms with Crippen LogP contribution in [-0.2, 0) is 4.74 Å². The number of phenols is 1. The van der Waals surface area contributed by atoms with E-state index in [-0.39, 0.29) is 11.8 Å². The van der Waals surface area contributed by atoms with Crippen LogP contribution in [0.4, 0.5) is 4.79 Å². The summed E-state index contributed by atoms with van der Waals surface area (Å²) in [5, 5.41) is 15.2. The molecule has 3 N–H and O–H groups in total. The lowest BCUT2D eigenvalue weighted by Crippen LogP contribution is -2.36. The van der Waals surface area contributed by atoms with Gasteiger partial charge in [0.25, 0.3) is 0 Å². The van der Waals surface area contributed by atoms with Crippen molar-refractivity contribution in [2.45, 2.75) is 110 Å². The summed E-state index contributed by atoms with van der Waals surface area (Å²) in [6.07, 6.45) is 19.0. The number of carbonyl (C=O) groups is 1. The van der Waals surface area contributed by atoms with Crippen LogP contribution in [0.3, 0.4) is 0 Å². The number of phenolic OH excluding ortho intramolecular Hbond substituents is 1. The Morgan fingerprint density at radius 1 is 0.657 bits per heavy atom. The molecule has 1 rings (SSSR count). The molecular formula is C29H52N2O4. The number of benzene rings is 1. The van der Waals surface area contributed by atoms with E-state index in [1.807, 2.05) is 0 Å². The average molecular weight is 493 g/mol. The van der Waals surface area contributed by atoms with Crippen LogP contribution in [0, 0.1) is 0 Å². The molecule has 6 heteroatoms. The predicted octanol–water partition coefficient (Wildman–Crippen LogP) is 7.35. The number of hydrogen-bond donors (Lipinski definition) is 3. The molecule has 2 amide bonds. The van der Waals surface area contributed by atoms with E-state index in [1.165, 1.54) is 70.6 Å². The van der Waals surface area contributed by atoms with E-state index in [1.54, 1.807) is 24.3 Å².